The maximum Gasteiger partial charge on any atom is 0.416 e. The van der Waals surface area contributed by atoms with Crippen LogP contribution in [0.25, 0.3) is 11.5 Å². The van der Waals surface area contributed by atoms with Gasteiger partial charge in [-0.15, -0.1) is 11.8 Å². The SMILES string of the molecule is Cc1nc(-c2ccc(C(F)(F)F)cc2)oc1CSc1ccccc1. The summed E-state index contributed by atoms with van der Waals surface area (Å²) in [6.45, 7) is 1.83. The normalized spacial score (nSPS) is 11.7. The summed E-state index contributed by atoms with van der Waals surface area (Å²) in [4.78, 5) is 5.44. The van der Waals surface area contributed by atoms with Gasteiger partial charge in [0.15, 0.2) is 0 Å². The number of hydrogen-bond acceptors (Lipinski definition) is 3. The molecule has 1 aromatic heterocycles. The third-order valence-corrected chi connectivity index (χ3v) is 4.48. The van der Waals surface area contributed by atoms with Crippen LogP contribution in [0.4, 0.5) is 13.2 Å². The molecule has 0 amide bonds. The largest absolute Gasteiger partial charge is 0.440 e. The second-order valence-electron chi connectivity index (χ2n) is 5.20. The van der Waals surface area contributed by atoms with Crippen molar-refractivity contribution in [2.24, 2.45) is 0 Å². The van der Waals surface area contributed by atoms with Crippen molar-refractivity contribution in [1.82, 2.24) is 4.98 Å². The molecular formula is C18H14F3NOS. The van der Waals surface area contributed by atoms with Crippen LogP contribution >= 0.6 is 11.8 Å². The summed E-state index contributed by atoms with van der Waals surface area (Å²) in [5.74, 6) is 1.67. The van der Waals surface area contributed by atoms with E-state index in [-0.39, 0.29) is 0 Å². The molecule has 124 valence electrons. The van der Waals surface area contributed by atoms with Crippen molar-refractivity contribution in [2.45, 2.75) is 23.7 Å². The maximum absolute atomic E-state index is 12.6. The lowest BCUT2D eigenvalue weighted by molar-refractivity contribution is -0.137. The Balaban J connectivity index is 1.76. The van der Waals surface area contributed by atoms with Gasteiger partial charge in [0.2, 0.25) is 5.89 Å². The predicted molar refractivity (Wildman–Crippen MR) is 87.7 cm³/mol. The van der Waals surface area contributed by atoms with Crippen molar-refractivity contribution in [3.63, 3.8) is 0 Å². The fourth-order valence-corrected chi connectivity index (χ4v) is 3.07. The molecule has 0 atom stereocenters. The van der Waals surface area contributed by atoms with Crippen molar-refractivity contribution >= 4 is 11.8 Å². The topological polar surface area (TPSA) is 26.0 Å². The molecule has 2 aromatic carbocycles. The van der Waals surface area contributed by atoms with Crippen LogP contribution in [0, 0.1) is 6.92 Å². The molecule has 1 heterocycles. The monoisotopic (exact) mass is 349 g/mol. The average molecular weight is 349 g/mol. The first-order chi connectivity index (χ1) is 11.4. The van der Waals surface area contributed by atoms with E-state index in [0.717, 1.165) is 28.5 Å². The molecule has 0 unspecified atom stereocenters. The summed E-state index contributed by atoms with van der Waals surface area (Å²) in [5, 5.41) is 0. The minimum absolute atomic E-state index is 0.338. The lowest BCUT2D eigenvalue weighted by Gasteiger charge is -2.06. The molecule has 0 aliphatic carbocycles. The van der Waals surface area contributed by atoms with Crippen LogP contribution in [0.15, 0.2) is 63.9 Å². The number of alkyl halides is 3. The number of oxazole rings is 1. The summed E-state index contributed by atoms with van der Waals surface area (Å²) in [6.07, 6.45) is -4.34. The van der Waals surface area contributed by atoms with E-state index in [2.05, 4.69) is 4.98 Å². The van der Waals surface area contributed by atoms with Crippen molar-refractivity contribution in [1.29, 1.82) is 0 Å². The summed E-state index contributed by atoms with van der Waals surface area (Å²) in [5.41, 5.74) is 0.588. The van der Waals surface area contributed by atoms with Crippen LogP contribution in [0.2, 0.25) is 0 Å². The highest BCUT2D eigenvalue weighted by atomic mass is 32.2. The molecule has 0 spiro atoms. The highest BCUT2D eigenvalue weighted by Gasteiger charge is 2.30. The maximum atomic E-state index is 12.6. The summed E-state index contributed by atoms with van der Waals surface area (Å²) < 4.78 is 43.6. The Bertz CT molecular complexity index is 811. The van der Waals surface area contributed by atoms with Crippen LogP contribution in [0.1, 0.15) is 17.0 Å². The Kier molecular flexibility index (Phi) is 4.66. The fraction of sp³-hybridized carbons (Fsp3) is 0.167. The molecule has 24 heavy (non-hydrogen) atoms. The predicted octanol–water partition coefficient (Wildman–Crippen LogP) is 5.96. The minimum Gasteiger partial charge on any atom is -0.440 e. The van der Waals surface area contributed by atoms with E-state index in [4.69, 9.17) is 4.42 Å². The summed E-state index contributed by atoms with van der Waals surface area (Å²) in [6, 6.07) is 14.7. The molecule has 0 aliphatic rings. The standard InChI is InChI=1S/C18H14F3NOS/c1-12-16(11-24-15-5-3-2-4-6-15)23-17(22-12)13-7-9-14(10-8-13)18(19,20)21/h2-10H,11H2,1H3. The van der Waals surface area contributed by atoms with E-state index in [9.17, 15) is 13.2 Å². The van der Waals surface area contributed by atoms with Crippen LogP contribution in [-0.4, -0.2) is 4.98 Å². The van der Waals surface area contributed by atoms with E-state index >= 15 is 0 Å². The molecule has 0 aliphatic heterocycles. The molecule has 0 fully saturated rings. The van der Waals surface area contributed by atoms with Crippen molar-refractivity contribution in [2.75, 3.05) is 0 Å². The first-order valence-electron chi connectivity index (χ1n) is 7.25. The highest BCUT2D eigenvalue weighted by Crippen LogP contribution is 2.32. The number of rotatable bonds is 4. The van der Waals surface area contributed by atoms with Gasteiger partial charge in [0.05, 0.1) is 17.0 Å². The lowest BCUT2D eigenvalue weighted by atomic mass is 10.1. The van der Waals surface area contributed by atoms with E-state index in [0.29, 0.717) is 17.2 Å². The average Bonchev–Trinajstić information content (AvgIpc) is 2.94. The quantitative estimate of drug-likeness (QED) is 0.544. The first kappa shape index (κ1) is 16.6. The van der Waals surface area contributed by atoms with E-state index in [1.807, 2.05) is 37.3 Å². The molecule has 0 radical (unpaired) electrons. The van der Waals surface area contributed by atoms with Crippen molar-refractivity contribution < 1.29 is 17.6 Å². The number of benzene rings is 2. The van der Waals surface area contributed by atoms with Gasteiger partial charge >= 0.3 is 6.18 Å². The van der Waals surface area contributed by atoms with Crippen LogP contribution in [0.5, 0.6) is 0 Å². The molecule has 6 heteroatoms. The van der Waals surface area contributed by atoms with Crippen LogP contribution < -0.4 is 0 Å². The molecule has 2 nitrogen and oxygen atoms in total. The Morgan fingerprint density at radius 2 is 1.67 bits per heavy atom. The fourth-order valence-electron chi connectivity index (χ4n) is 2.15. The molecule has 0 N–H and O–H groups in total. The van der Waals surface area contributed by atoms with Crippen LogP contribution in [-0.2, 0) is 11.9 Å². The van der Waals surface area contributed by atoms with Gasteiger partial charge < -0.3 is 4.42 Å². The number of nitrogens with zero attached hydrogens (tertiary/aromatic N) is 1. The second-order valence-corrected chi connectivity index (χ2v) is 6.25. The molecular weight excluding hydrogens is 335 g/mol. The van der Waals surface area contributed by atoms with Gasteiger partial charge in [0.1, 0.15) is 5.76 Å². The second kappa shape index (κ2) is 6.73. The summed E-state index contributed by atoms with van der Waals surface area (Å²) >= 11 is 1.62. The zero-order chi connectivity index (χ0) is 17.2. The van der Waals surface area contributed by atoms with Gasteiger partial charge in [0, 0.05) is 10.5 Å². The van der Waals surface area contributed by atoms with Gasteiger partial charge in [-0.2, -0.15) is 13.2 Å². The van der Waals surface area contributed by atoms with Gasteiger partial charge in [-0.1, -0.05) is 18.2 Å². The number of aryl methyl sites for hydroxylation is 1. The van der Waals surface area contributed by atoms with E-state index in [1.165, 1.54) is 12.1 Å². The van der Waals surface area contributed by atoms with Gasteiger partial charge in [0.25, 0.3) is 0 Å². The Morgan fingerprint density at radius 1 is 1.00 bits per heavy atom. The van der Waals surface area contributed by atoms with Gasteiger partial charge in [-0.05, 0) is 43.3 Å². The Labute approximate surface area is 141 Å². The molecule has 0 saturated heterocycles. The number of hydrogen-bond donors (Lipinski definition) is 0. The zero-order valence-electron chi connectivity index (χ0n) is 12.8. The third-order valence-electron chi connectivity index (χ3n) is 3.46. The van der Waals surface area contributed by atoms with Crippen LogP contribution in [0.3, 0.4) is 0 Å². The van der Waals surface area contributed by atoms with E-state index in [1.54, 1.807) is 11.8 Å². The number of aromatic nitrogens is 1. The van der Waals surface area contributed by atoms with Gasteiger partial charge in [-0.25, -0.2) is 4.98 Å². The Hall–Kier alpha value is -2.21. The highest BCUT2D eigenvalue weighted by molar-refractivity contribution is 7.98. The molecule has 0 bridgehead atoms. The van der Waals surface area contributed by atoms with Crippen molar-refractivity contribution in [3.8, 4) is 11.5 Å². The lowest BCUT2D eigenvalue weighted by Crippen LogP contribution is -2.03. The number of thioether (sulfide) groups is 1. The molecule has 3 rings (SSSR count). The Morgan fingerprint density at radius 3 is 2.29 bits per heavy atom. The molecule has 3 aromatic rings. The third kappa shape index (κ3) is 3.82. The van der Waals surface area contributed by atoms with E-state index < -0.39 is 11.7 Å². The summed E-state index contributed by atoms with van der Waals surface area (Å²) in [7, 11) is 0. The minimum atomic E-state index is -4.34. The number of halogens is 3. The van der Waals surface area contributed by atoms with Gasteiger partial charge in [-0.3, -0.25) is 0 Å². The zero-order valence-corrected chi connectivity index (χ0v) is 13.6. The smallest absolute Gasteiger partial charge is 0.416 e. The molecule has 0 saturated carbocycles. The van der Waals surface area contributed by atoms with Crippen molar-refractivity contribution in [3.05, 3.63) is 71.6 Å². The first-order valence-corrected chi connectivity index (χ1v) is 8.24.